The number of hydrogen-bond donors (Lipinski definition) is 1. The van der Waals surface area contributed by atoms with Gasteiger partial charge in [-0.05, 0) is 79.7 Å². The second kappa shape index (κ2) is 11.9. The van der Waals surface area contributed by atoms with E-state index in [1.807, 2.05) is 4.90 Å². The first-order valence-corrected chi connectivity index (χ1v) is 13.7. The van der Waals surface area contributed by atoms with Crippen LogP contribution in [0, 0.1) is 5.82 Å². The molecule has 2 atom stereocenters. The maximum absolute atomic E-state index is 13.7. The first-order chi connectivity index (χ1) is 18.4. The fourth-order valence-corrected chi connectivity index (χ4v) is 5.84. The minimum Gasteiger partial charge on any atom is -0.339 e. The van der Waals surface area contributed by atoms with E-state index in [4.69, 9.17) is 23.2 Å². The zero-order valence-electron chi connectivity index (χ0n) is 21.0. The number of hydrogen-bond acceptors (Lipinski definition) is 3. The number of nitrogens with one attached hydrogen (secondary N) is 1. The summed E-state index contributed by atoms with van der Waals surface area (Å²) < 4.78 is 13.6. The number of carbonyl (C=O) groups excluding carboxylic acids is 2. The molecule has 0 aliphatic carbocycles. The average Bonchev–Trinajstić information content (AvgIpc) is 3.44. The summed E-state index contributed by atoms with van der Waals surface area (Å²) in [5.41, 5.74) is 2.21. The molecule has 2 heterocycles. The molecule has 0 spiro atoms. The van der Waals surface area contributed by atoms with E-state index in [-0.39, 0.29) is 17.0 Å². The fraction of sp³-hybridized carbons (Fsp3) is 0.333. The molecule has 2 fully saturated rings. The minimum absolute atomic E-state index is 0.202. The molecule has 0 aromatic heterocycles. The van der Waals surface area contributed by atoms with E-state index in [0.717, 1.165) is 32.4 Å². The SMILES string of the molecule is O=C(N[C@H](C(=O)N1CCC(N2CCC(c3ccccc3)CC2)C1)c1ccc(F)cc1)c1ccc(Cl)c(Cl)c1. The Kier molecular flexibility index (Phi) is 8.32. The maximum atomic E-state index is 13.7. The molecule has 198 valence electrons. The normalized spacial score (nSPS) is 19.3. The van der Waals surface area contributed by atoms with Crippen LogP contribution in [0.25, 0.3) is 0 Å². The van der Waals surface area contributed by atoms with Gasteiger partial charge in [0.25, 0.3) is 5.91 Å². The molecule has 0 saturated carbocycles. The first kappa shape index (κ1) is 26.7. The Hall–Kier alpha value is -2.93. The van der Waals surface area contributed by atoms with Crippen LogP contribution < -0.4 is 5.32 Å². The molecule has 2 aliphatic heterocycles. The van der Waals surface area contributed by atoms with Gasteiger partial charge in [0.1, 0.15) is 11.9 Å². The van der Waals surface area contributed by atoms with Crippen LogP contribution in [0.15, 0.2) is 72.8 Å². The van der Waals surface area contributed by atoms with Gasteiger partial charge in [0, 0.05) is 24.7 Å². The van der Waals surface area contributed by atoms with Crippen molar-refractivity contribution < 1.29 is 14.0 Å². The van der Waals surface area contributed by atoms with Gasteiger partial charge in [0.15, 0.2) is 0 Å². The lowest BCUT2D eigenvalue weighted by molar-refractivity contribution is -0.132. The van der Waals surface area contributed by atoms with E-state index in [1.165, 1.54) is 35.9 Å². The monoisotopic (exact) mass is 553 g/mol. The Balaban J connectivity index is 1.26. The number of benzene rings is 3. The Morgan fingerprint density at radius 3 is 2.26 bits per heavy atom. The van der Waals surface area contributed by atoms with Crippen molar-refractivity contribution in [3.8, 4) is 0 Å². The van der Waals surface area contributed by atoms with Gasteiger partial charge < -0.3 is 10.2 Å². The molecule has 0 bridgehead atoms. The van der Waals surface area contributed by atoms with E-state index in [1.54, 1.807) is 12.1 Å². The molecule has 2 aliphatic rings. The number of amides is 2. The number of nitrogens with zero attached hydrogens (tertiary/aromatic N) is 2. The Labute approximate surface area is 232 Å². The van der Waals surface area contributed by atoms with Gasteiger partial charge in [0.2, 0.25) is 5.91 Å². The Bertz CT molecular complexity index is 1280. The quantitative estimate of drug-likeness (QED) is 0.402. The standard InChI is InChI=1S/C30H30Cl2FN3O2/c31-26-11-8-23(18-27(26)32)29(37)34-28(22-6-9-24(33)10-7-22)30(38)36-17-14-25(19-36)35-15-12-21(13-16-35)20-4-2-1-3-5-20/h1-11,18,21,25,28H,12-17,19H2,(H,34,37)/t25?,28-/m0/s1. The largest absolute Gasteiger partial charge is 0.339 e. The molecule has 38 heavy (non-hydrogen) atoms. The summed E-state index contributed by atoms with van der Waals surface area (Å²) in [5.74, 6) is -0.487. The van der Waals surface area contributed by atoms with Crippen LogP contribution in [-0.4, -0.2) is 53.8 Å². The average molecular weight is 554 g/mol. The highest BCUT2D eigenvalue weighted by Gasteiger charge is 2.36. The van der Waals surface area contributed by atoms with Gasteiger partial charge in [-0.2, -0.15) is 0 Å². The second-order valence-corrected chi connectivity index (χ2v) is 10.8. The summed E-state index contributed by atoms with van der Waals surface area (Å²) in [7, 11) is 0. The van der Waals surface area contributed by atoms with Crippen molar-refractivity contribution >= 4 is 35.0 Å². The third-order valence-corrected chi connectivity index (χ3v) is 8.44. The van der Waals surface area contributed by atoms with Crippen LogP contribution in [0.1, 0.15) is 52.7 Å². The van der Waals surface area contributed by atoms with E-state index in [2.05, 4.69) is 40.5 Å². The van der Waals surface area contributed by atoms with Crippen molar-refractivity contribution in [2.75, 3.05) is 26.2 Å². The smallest absolute Gasteiger partial charge is 0.252 e. The number of likely N-dealkylation sites (tertiary alicyclic amines) is 2. The van der Waals surface area contributed by atoms with Crippen LogP contribution >= 0.6 is 23.2 Å². The summed E-state index contributed by atoms with van der Waals surface area (Å²) >= 11 is 12.1. The van der Waals surface area contributed by atoms with Crippen LogP contribution in [0.4, 0.5) is 4.39 Å². The Morgan fingerprint density at radius 1 is 0.868 bits per heavy atom. The van der Waals surface area contributed by atoms with Crippen LogP contribution in [-0.2, 0) is 4.79 Å². The predicted octanol–water partition coefficient (Wildman–Crippen LogP) is 6.08. The summed E-state index contributed by atoms with van der Waals surface area (Å²) in [5, 5.41) is 3.43. The number of carbonyl (C=O) groups is 2. The van der Waals surface area contributed by atoms with E-state index < -0.39 is 17.8 Å². The van der Waals surface area contributed by atoms with Gasteiger partial charge in [-0.15, -0.1) is 0 Å². The molecular weight excluding hydrogens is 524 g/mol. The number of piperidine rings is 1. The molecule has 1 unspecified atom stereocenters. The molecule has 5 rings (SSSR count). The summed E-state index contributed by atoms with van der Waals surface area (Å²) in [6.07, 6.45) is 3.09. The fourth-order valence-electron chi connectivity index (χ4n) is 5.54. The van der Waals surface area contributed by atoms with Gasteiger partial charge in [-0.25, -0.2) is 4.39 Å². The Morgan fingerprint density at radius 2 is 1.58 bits per heavy atom. The van der Waals surface area contributed by atoms with Crippen molar-refractivity contribution in [3.05, 3.63) is 105 Å². The minimum atomic E-state index is -0.944. The van der Waals surface area contributed by atoms with Gasteiger partial charge in [-0.1, -0.05) is 65.7 Å². The molecule has 5 nitrogen and oxygen atoms in total. The van der Waals surface area contributed by atoms with Gasteiger partial charge >= 0.3 is 0 Å². The van der Waals surface area contributed by atoms with Crippen molar-refractivity contribution in [3.63, 3.8) is 0 Å². The second-order valence-electron chi connectivity index (χ2n) is 10.0. The lowest BCUT2D eigenvalue weighted by atomic mass is 9.89. The van der Waals surface area contributed by atoms with Crippen LogP contribution in [0.3, 0.4) is 0 Å². The number of halogens is 3. The summed E-state index contributed by atoms with van der Waals surface area (Å²) in [6.45, 7) is 3.22. The van der Waals surface area contributed by atoms with E-state index in [9.17, 15) is 14.0 Å². The molecule has 2 amide bonds. The molecule has 3 aromatic rings. The van der Waals surface area contributed by atoms with Crippen molar-refractivity contribution in [2.45, 2.75) is 37.3 Å². The third-order valence-electron chi connectivity index (χ3n) is 7.70. The highest BCUT2D eigenvalue weighted by atomic mass is 35.5. The predicted molar refractivity (Wildman–Crippen MR) is 148 cm³/mol. The summed E-state index contributed by atoms with van der Waals surface area (Å²) in [4.78, 5) is 31.1. The van der Waals surface area contributed by atoms with Crippen molar-refractivity contribution in [2.24, 2.45) is 0 Å². The molecule has 1 N–H and O–H groups in total. The van der Waals surface area contributed by atoms with E-state index in [0.29, 0.717) is 35.2 Å². The molecule has 0 radical (unpaired) electrons. The molecular formula is C30H30Cl2FN3O2. The zero-order valence-corrected chi connectivity index (χ0v) is 22.5. The molecule has 8 heteroatoms. The lowest BCUT2D eigenvalue weighted by Crippen LogP contribution is -2.45. The number of rotatable bonds is 6. The zero-order chi connectivity index (χ0) is 26.6. The first-order valence-electron chi connectivity index (χ1n) is 13.0. The maximum Gasteiger partial charge on any atom is 0.252 e. The molecule has 3 aromatic carbocycles. The van der Waals surface area contributed by atoms with Gasteiger partial charge in [-0.3, -0.25) is 14.5 Å². The van der Waals surface area contributed by atoms with Crippen molar-refractivity contribution in [1.29, 1.82) is 0 Å². The van der Waals surface area contributed by atoms with Crippen LogP contribution in [0.2, 0.25) is 10.0 Å². The van der Waals surface area contributed by atoms with E-state index >= 15 is 0 Å². The topological polar surface area (TPSA) is 52.7 Å². The highest BCUT2D eigenvalue weighted by molar-refractivity contribution is 6.42. The lowest BCUT2D eigenvalue weighted by Gasteiger charge is -2.36. The molecule has 2 saturated heterocycles. The van der Waals surface area contributed by atoms with Gasteiger partial charge in [0.05, 0.1) is 10.0 Å². The summed E-state index contributed by atoms with van der Waals surface area (Å²) in [6, 6.07) is 20.2. The van der Waals surface area contributed by atoms with Crippen LogP contribution in [0.5, 0.6) is 0 Å². The van der Waals surface area contributed by atoms with Crippen molar-refractivity contribution in [1.82, 2.24) is 15.1 Å². The highest BCUT2D eigenvalue weighted by Crippen LogP contribution is 2.31. The third kappa shape index (κ3) is 6.04.